The Morgan fingerprint density at radius 1 is 1.11 bits per heavy atom. The molecule has 36 heavy (non-hydrogen) atoms. The molecule has 0 bridgehead atoms. The molecule has 0 spiro atoms. The van der Waals surface area contributed by atoms with Crippen molar-refractivity contribution in [1.82, 2.24) is 10.2 Å². The first-order valence-electron chi connectivity index (χ1n) is 12.4. The molecule has 8 heteroatoms. The van der Waals surface area contributed by atoms with E-state index in [1.165, 1.54) is 11.3 Å². The zero-order valence-corrected chi connectivity index (χ0v) is 24.5. The van der Waals surface area contributed by atoms with E-state index >= 15 is 0 Å². The lowest BCUT2D eigenvalue weighted by Crippen LogP contribution is -2.51. The van der Waals surface area contributed by atoms with Crippen molar-refractivity contribution in [3.05, 3.63) is 62.0 Å². The van der Waals surface area contributed by atoms with Crippen LogP contribution in [0.5, 0.6) is 5.75 Å². The largest absolute Gasteiger partial charge is 0.483 e. The van der Waals surface area contributed by atoms with Gasteiger partial charge in [0.25, 0.3) is 5.91 Å². The number of nitrogens with one attached hydrogen (secondary N) is 1. The highest BCUT2D eigenvalue weighted by Crippen LogP contribution is 2.32. The molecule has 2 aromatic carbocycles. The fraction of sp³-hybridized carbons (Fsp3) is 0.500. The third-order valence-electron chi connectivity index (χ3n) is 6.66. The predicted octanol–water partition coefficient (Wildman–Crippen LogP) is 7.30. The first kappa shape index (κ1) is 28.8. The molecule has 0 heterocycles. The zero-order chi connectivity index (χ0) is 26.5. The number of nitrogens with zero attached hydrogens (tertiary/aromatic N) is 1. The van der Waals surface area contributed by atoms with Crippen molar-refractivity contribution in [1.29, 1.82) is 0 Å². The first-order chi connectivity index (χ1) is 17.0. The zero-order valence-electron chi connectivity index (χ0n) is 21.4. The summed E-state index contributed by atoms with van der Waals surface area (Å²) in [6, 6.07) is 10.5. The summed E-state index contributed by atoms with van der Waals surface area (Å²) in [6.45, 7) is 8.01. The Kier molecular flexibility index (Phi) is 10.1. The minimum absolute atomic E-state index is 0.0109. The summed E-state index contributed by atoms with van der Waals surface area (Å²) in [5.74, 6) is 0.0459. The van der Waals surface area contributed by atoms with Crippen molar-refractivity contribution in [3.8, 4) is 5.75 Å². The maximum atomic E-state index is 13.4. The van der Waals surface area contributed by atoms with Gasteiger partial charge in [-0.2, -0.15) is 0 Å². The predicted molar refractivity (Wildman–Crippen MR) is 150 cm³/mol. The number of carbonyl (C=O) groups is 2. The van der Waals surface area contributed by atoms with E-state index in [9.17, 15) is 9.59 Å². The fourth-order valence-electron chi connectivity index (χ4n) is 4.31. The van der Waals surface area contributed by atoms with Crippen LogP contribution in [0, 0.1) is 0 Å². The summed E-state index contributed by atoms with van der Waals surface area (Å²) in [6.07, 6.45) is 5.33. The maximum absolute atomic E-state index is 13.4. The van der Waals surface area contributed by atoms with Gasteiger partial charge in [0.1, 0.15) is 11.8 Å². The highest BCUT2D eigenvalue weighted by atomic mass is 79.9. The summed E-state index contributed by atoms with van der Waals surface area (Å²) in [5, 5.41) is 4.02. The summed E-state index contributed by atoms with van der Waals surface area (Å²) < 4.78 is 6.66. The monoisotopic (exact) mass is 596 g/mol. The molecule has 2 aromatic rings. The molecule has 5 nitrogen and oxygen atoms in total. The maximum Gasteiger partial charge on any atom is 0.261 e. The van der Waals surface area contributed by atoms with Crippen LogP contribution in [0.4, 0.5) is 0 Å². The molecule has 0 aromatic heterocycles. The Labute approximate surface area is 233 Å². The number of ether oxygens (including phenoxy) is 1. The SMILES string of the molecule is C[C@@H](C(=O)NC1CCCCC1)N(Cc1c(Cl)cccc1Cl)C(=O)COc1ccc(C(C)(C)C)cc1Br. The number of hydrogen-bond donors (Lipinski definition) is 1. The molecule has 1 N–H and O–H groups in total. The van der Waals surface area contributed by atoms with Crippen LogP contribution in [0.3, 0.4) is 0 Å². The molecular weight excluding hydrogens is 563 g/mol. The fourth-order valence-corrected chi connectivity index (χ4v) is 5.32. The Hall–Kier alpha value is -1.76. The van der Waals surface area contributed by atoms with Gasteiger partial charge in [-0.1, -0.05) is 75.4 Å². The van der Waals surface area contributed by atoms with Gasteiger partial charge in [0.15, 0.2) is 6.61 Å². The third kappa shape index (κ3) is 7.62. The molecule has 0 radical (unpaired) electrons. The van der Waals surface area contributed by atoms with E-state index in [0.29, 0.717) is 21.4 Å². The number of carbonyl (C=O) groups excluding carboxylic acids is 2. The molecule has 0 unspecified atom stereocenters. The van der Waals surface area contributed by atoms with Gasteiger partial charge >= 0.3 is 0 Å². The van der Waals surface area contributed by atoms with Crippen LogP contribution in [0.2, 0.25) is 10.0 Å². The average molecular weight is 598 g/mol. The summed E-state index contributed by atoms with van der Waals surface area (Å²) in [7, 11) is 0. The Morgan fingerprint density at radius 2 is 1.75 bits per heavy atom. The summed E-state index contributed by atoms with van der Waals surface area (Å²) in [5.41, 5.74) is 1.74. The Balaban J connectivity index is 1.78. The molecule has 2 amide bonds. The van der Waals surface area contributed by atoms with Crippen LogP contribution in [0.1, 0.15) is 70.9 Å². The van der Waals surface area contributed by atoms with Crippen molar-refractivity contribution in [3.63, 3.8) is 0 Å². The molecule has 1 aliphatic carbocycles. The Morgan fingerprint density at radius 3 is 2.33 bits per heavy atom. The highest BCUT2D eigenvalue weighted by Gasteiger charge is 2.29. The van der Waals surface area contributed by atoms with Gasteiger partial charge in [-0.05, 0) is 70.9 Å². The molecule has 1 saturated carbocycles. The number of hydrogen-bond acceptors (Lipinski definition) is 3. The number of halogens is 3. The minimum Gasteiger partial charge on any atom is -0.483 e. The van der Waals surface area contributed by atoms with Crippen LogP contribution >= 0.6 is 39.1 Å². The van der Waals surface area contributed by atoms with Crippen molar-refractivity contribution in [2.24, 2.45) is 0 Å². The van der Waals surface area contributed by atoms with Gasteiger partial charge < -0.3 is 15.0 Å². The van der Waals surface area contributed by atoms with Gasteiger partial charge in [0.2, 0.25) is 5.91 Å². The normalized spacial score (nSPS) is 15.3. The first-order valence-corrected chi connectivity index (χ1v) is 14.0. The van der Waals surface area contributed by atoms with Crippen LogP contribution in [0.15, 0.2) is 40.9 Å². The van der Waals surface area contributed by atoms with Crippen molar-refractivity contribution in [2.45, 2.75) is 83.8 Å². The summed E-state index contributed by atoms with van der Waals surface area (Å²) in [4.78, 5) is 28.1. The second-order valence-electron chi connectivity index (χ2n) is 10.4. The molecular formula is C28H35BrCl2N2O3. The van der Waals surface area contributed by atoms with Crippen molar-refractivity contribution >= 4 is 50.9 Å². The van der Waals surface area contributed by atoms with E-state index in [1.807, 2.05) is 18.2 Å². The second-order valence-corrected chi connectivity index (χ2v) is 12.1. The molecule has 3 rings (SSSR count). The van der Waals surface area contributed by atoms with E-state index < -0.39 is 6.04 Å². The van der Waals surface area contributed by atoms with Crippen LogP contribution < -0.4 is 10.1 Å². The number of amides is 2. The number of rotatable bonds is 8. The second kappa shape index (κ2) is 12.7. The van der Waals surface area contributed by atoms with Crippen molar-refractivity contribution < 1.29 is 14.3 Å². The smallest absolute Gasteiger partial charge is 0.261 e. The molecule has 1 atom stereocenters. The van der Waals surface area contributed by atoms with Crippen LogP contribution in [0.25, 0.3) is 0 Å². The van der Waals surface area contributed by atoms with Crippen LogP contribution in [-0.4, -0.2) is 35.4 Å². The molecule has 1 aliphatic rings. The molecule has 196 valence electrons. The molecule has 0 saturated heterocycles. The summed E-state index contributed by atoms with van der Waals surface area (Å²) >= 11 is 16.4. The van der Waals surface area contributed by atoms with E-state index in [-0.39, 0.29) is 36.4 Å². The Bertz CT molecular complexity index is 1060. The average Bonchev–Trinajstić information content (AvgIpc) is 2.82. The standard InChI is InChI=1S/C28H35BrCl2N2O3/c1-18(27(35)32-20-9-6-5-7-10-20)33(16-21-23(30)11-8-12-24(21)31)26(34)17-36-25-14-13-19(15-22(25)29)28(2,3)4/h8,11-15,18,20H,5-7,9-10,16-17H2,1-4H3,(H,32,35)/t18-/m0/s1. The molecule has 1 fully saturated rings. The van der Waals surface area contributed by atoms with E-state index in [0.717, 1.165) is 35.7 Å². The van der Waals surface area contributed by atoms with Gasteiger partial charge in [-0.15, -0.1) is 0 Å². The van der Waals surface area contributed by atoms with Crippen molar-refractivity contribution in [2.75, 3.05) is 6.61 Å². The lowest BCUT2D eigenvalue weighted by atomic mass is 9.87. The lowest BCUT2D eigenvalue weighted by Gasteiger charge is -2.31. The third-order valence-corrected chi connectivity index (χ3v) is 7.99. The van der Waals surface area contributed by atoms with E-state index in [4.69, 9.17) is 27.9 Å². The quantitative estimate of drug-likeness (QED) is 0.347. The van der Waals surface area contributed by atoms with Gasteiger partial charge in [-0.3, -0.25) is 9.59 Å². The van der Waals surface area contributed by atoms with Gasteiger partial charge in [-0.25, -0.2) is 0 Å². The van der Waals surface area contributed by atoms with Gasteiger partial charge in [0.05, 0.1) is 4.47 Å². The molecule has 0 aliphatic heterocycles. The van der Waals surface area contributed by atoms with E-state index in [1.54, 1.807) is 25.1 Å². The van der Waals surface area contributed by atoms with E-state index in [2.05, 4.69) is 42.0 Å². The lowest BCUT2D eigenvalue weighted by molar-refractivity contribution is -0.142. The number of benzene rings is 2. The van der Waals surface area contributed by atoms with Gasteiger partial charge in [0, 0.05) is 28.2 Å². The topological polar surface area (TPSA) is 58.6 Å². The van der Waals surface area contributed by atoms with Crippen LogP contribution in [-0.2, 0) is 21.5 Å². The highest BCUT2D eigenvalue weighted by molar-refractivity contribution is 9.10. The minimum atomic E-state index is -0.720.